The van der Waals surface area contributed by atoms with Crippen molar-refractivity contribution in [1.29, 1.82) is 0 Å². The zero-order valence-electron chi connectivity index (χ0n) is 13.1. The maximum absolute atomic E-state index is 11.5. The SMILES string of the molecule is O=C1OCCN1CCN1CCC[C@@H](N2CCCCCC2)C1. The number of carbonyl (C=O) groups excluding carboxylic acids is 1. The summed E-state index contributed by atoms with van der Waals surface area (Å²) in [6, 6.07) is 0.738. The van der Waals surface area contributed by atoms with Crippen LogP contribution >= 0.6 is 0 Å². The fraction of sp³-hybridized carbons (Fsp3) is 0.938. The van der Waals surface area contributed by atoms with E-state index in [1.165, 1.54) is 64.7 Å². The number of rotatable bonds is 4. The van der Waals surface area contributed by atoms with E-state index in [-0.39, 0.29) is 6.09 Å². The van der Waals surface area contributed by atoms with Crippen molar-refractivity contribution in [3.8, 4) is 0 Å². The highest BCUT2D eigenvalue weighted by atomic mass is 16.6. The normalized spacial score (nSPS) is 29.4. The van der Waals surface area contributed by atoms with Gasteiger partial charge in [-0.25, -0.2) is 4.79 Å². The number of amides is 1. The molecule has 0 spiro atoms. The van der Waals surface area contributed by atoms with Gasteiger partial charge in [0.05, 0.1) is 6.54 Å². The minimum Gasteiger partial charge on any atom is -0.448 e. The van der Waals surface area contributed by atoms with Gasteiger partial charge in [0.2, 0.25) is 0 Å². The maximum Gasteiger partial charge on any atom is 0.409 e. The number of hydrogen-bond acceptors (Lipinski definition) is 4. The Labute approximate surface area is 128 Å². The van der Waals surface area contributed by atoms with Crippen LogP contribution < -0.4 is 0 Å². The van der Waals surface area contributed by atoms with Crippen LogP contribution in [0, 0.1) is 0 Å². The molecular formula is C16H29N3O2. The van der Waals surface area contributed by atoms with Crippen molar-refractivity contribution < 1.29 is 9.53 Å². The highest BCUT2D eigenvalue weighted by molar-refractivity contribution is 5.69. The van der Waals surface area contributed by atoms with Crippen LogP contribution in [0.5, 0.6) is 0 Å². The molecule has 3 fully saturated rings. The Morgan fingerprint density at radius 3 is 2.48 bits per heavy atom. The van der Waals surface area contributed by atoms with Crippen molar-refractivity contribution in [2.75, 3.05) is 52.4 Å². The Morgan fingerprint density at radius 1 is 0.952 bits per heavy atom. The number of nitrogens with zero attached hydrogens (tertiary/aromatic N) is 3. The smallest absolute Gasteiger partial charge is 0.409 e. The van der Waals surface area contributed by atoms with Crippen molar-refractivity contribution in [2.45, 2.75) is 44.6 Å². The minimum atomic E-state index is -0.129. The molecule has 0 radical (unpaired) electrons. The molecule has 3 heterocycles. The number of hydrogen-bond donors (Lipinski definition) is 0. The Bertz CT molecular complexity index is 342. The summed E-state index contributed by atoms with van der Waals surface area (Å²) in [5.74, 6) is 0. The van der Waals surface area contributed by atoms with Crippen molar-refractivity contribution in [2.24, 2.45) is 0 Å². The summed E-state index contributed by atoms with van der Waals surface area (Å²) in [6.45, 7) is 8.10. The van der Waals surface area contributed by atoms with Gasteiger partial charge in [-0.1, -0.05) is 12.8 Å². The van der Waals surface area contributed by atoms with E-state index in [0.717, 1.165) is 25.7 Å². The van der Waals surface area contributed by atoms with E-state index in [1.807, 2.05) is 4.90 Å². The summed E-state index contributed by atoms with van der Waals surface area (Å²) in [5, 5.41) is 0. The Hall–Kier alpha value is -0.810. The molecule has 0 aromatic rings. The third-order valence-electron chi connectivity index (χ3n) is 5.17. The fourth-order valence-corrected chi connectivity index (χ4v) is 3.88. The van der Waals surface area contributed by atoms with E-state index in [2.05, 4.69) is 9.80 Å². The van der Waals surface area contributed by atoms with Crippen LogP contribution in [0.15, 0.2) is 0 Å². The van der Waals surface area contributed by atoms with Crippen molar-refractivity contribution in [3.63, 3.8) is 0 Å². The first-order chi connectivity index (χ1) is 10.3. The molecule has 3 rings (SSSR count). The molecule has 0 unspecified atom stereocenters. The lowest BCUT2D eigenvalue weighted by Crippen LogP contribution is -2.49. The molecule has 0 aromatic heterocycles. The number of cyclic esters (lactones) is 1. The summed E-state index contributed by atoms with van der Waals surface area (Å²) < 4.78 is 5.00. The summed E-state index contributed by atoms with van der Waals surface area (Å²) >= 11 is 0. The molecule has 0 aliphatic carbocycles. The van der Waals surface area contributed by atoms with Crippen LogP contribution in [-0.2, 0) is 4.74 Å². The second-order valence-corrected chi connectivity index (χ2v) is 6.65. The van der Waals surface area contributed by atoms with Gasteiger partial charge in [-0.3, -0.25) is 4.90 Å². The van der Waals surface area contributed by atoms with E-state index in [1.54, 1.807) is 0 Å². The molecule has 3 saturated heterocycles. The summed E-state index contributed by atoms with van der Waals surface area (Å²) in [6.07, 6.45) is 8.07. The topological polar surface area (TPSA) is 36.0 Å². The van der Waals surface area contributed by atoms with E-state index in [4.69, 9.17) is 4.74 Å². The average Bonchev–Trinajstić information content (AvgIpc) is 2.77. The number of carbonyl (C=O) groups is 1. The van der Waals surface area contributed by atoms with Crippen LogP contribution in [0.4, 0.5) is 4.79 Å². The third kappa shape index (κ3) is 4.10. The number of piperidine rings is 1. The monoisotopic (exact) mass is 295 g/mol. The molecule has 0 N–H and O–H groups in total. The van der Waals surface area contributed by atoms with E-state index >= 15 is 0 Å². The minimum absolute atomic E-state index is 0.129. The highest BCUT2D eigenvalue weighted by Crippen LogP contribution is 2.20. The molecule has 3 aliphatic rings. The second kappa shape index (κ2) is 7.45. The van der Waals surface area contributed by atoms with Gasteiger partial charge < -0.3 is 14.5 Å². The van der Waals surface area contributed by atoms with Gasteiger partial charge in [0.15, 0.2) is 0 Å². The van der Waals surface area contributed by atoms with Gasteiger partial charge in [0, 0.05) is 25.7 Å². The van der Waals surface area contributed by atoms with Crippen LogP contribution in [0.25, 0.3) is 0 Å². The van der Waals surface area contributed by atoms with Gasteiger partial charge in [0.25, 0.3) is 0 Å². The largest absolute Gasteiger partial charge is 0.448 e. The van der Waals surface area contributed by atoms with Gasteiger partial charge in [-0.05, 0) is 45.3 Å². The molecule has 0 saturated carbocycles. The predicted molar refractivity (Wildman–Crippen MR) is 82.4 cm³/mol. The molecule has 0 aromatic carbocycles. The molecule has 1 atom stereocenters. The van der Waals surface area contributed by atoms with Gasteiger partial charge in [-0.15, -0.1) is 0 Å². The third-order valence-corrected chi connectivity index (χ3v) is 5.17. The standard InChI is InChI=1S/C16H29N3O2/c20-16-19(12-13-21-16)11-10-17-7-5-6-15(14-17)18-8-3-1-2-4-9-18/h15H,1-14H2/t15-/m1/s1. The zero-order valence-corrected chi connectivity index (χ0v) is 13.1. The van der Waals surface area contributed by atoms with Crippen LogP contribution in [-0.4, -0.2) is 79.3 Å². The molecule has 1 amide bonds. The van der Waals surface area contributed by atoms with E-state index in [0.29, 0.717) is 6.61 Å². The summed E-state index contributed by atoms with van der Waals surface area (Å²) in [5.41, 5.74) is 0. The fourth-order valence-electron chi connectivity index (χ4n) is 3.88. The Morgan fingerprint density at radius 2 is 1.76 bits per heavy atom. The van der Waals surface area contributed by atoms with Crippen LogP contribution in [0.1, 0.15) is 38.5 Å². The van der Waals surface area contributed by atoms with Gasteiger partial charge in [-0.2, -0.15) is 0 Å². The summed E-state index contributed by atoms with van der Waals surface area (Å²) in [7, 11) is 0. The van der Waals surface area contributed by atoms with Crippen molar-refractivity contribution >= 4 is 6.09 Å². The van der Waals surface area contributed by atoms with Crippen molar-refractivity contribution in [1.82, 2.24) is 14.7 Å². The molecule has 120 valence electrons. The second-order valence-electron chi connectivity index (χ2n) is 6.65. The first kappa shape index (κ1) is 15.1. The highest BCUT2D eigenvalue weighted by Gasteiger charge is 2.27. The van der Waals surface area contributed by atoms with E-state index in [9.17, 15) is 4.79 Å². The quantitative estimate of drug-likeness (QED) is 0.792. The molecule has 3 aliphatic heterocycles. The predicted octanol–water partition coefficient (Wildman–Crippen LogP) is 1.78. The first-order valence-corrected chi connectivity index (χ1v) is 8.71. The lowest BCUT2D eigenvalue weighted by atomic mass is 10.0. The molecule has 5 heteroatoms. The van der Waals surface area contributed by atoms with Crippen molar-refractivity contribution in [3.05, 3.63) is 0 Å². The van der Waals surface area contributed by atoms with Gasteiger partial charge in [0.1, 0.15) is 6.61 Å². The van der Waals surface area contributed by atoms with Gasteiger partial charge >= 0.3 is 6.09 Å². The Balaban J connectivity index is 1.45. The maximum atomic E-state index is 11.5. The number of ether oxygens (including phenoxy) is 1. The zero-order chi connectivity index (χ0) is 14.5. The lowest BCUT2D eigenvalue weighted by molar-refractivity contribution is 0.0938. The Kier molecular flexibility index (Phi) is 5.36. The van der Waals surface area contributed by atoms with E-state index < -0.39 is 0 Å². The lowest BCUT2D eigenvalue weighted by Gasteiger charge is -2.39. The first-order valence-electron chi connectivity index (χ1n) is 8.71. The molecule has 21 heavy (non-hydrogen) atoms. The number of likely N-dealkylation sites (tertiary alicyclic amines) is 2. The van der Waals surface area contributed by atoms with Crippen LogP contribution in [0.3, 0.4) is 0 Å². The van der Waals surface area contributed by atoms with Crippen LogP contribution in [0.2, 0.25) is 0 Å². The summed E-state index contributed by atoms with van der Waals surface area (Å²) in [4.78, 5) is 18.6. The molecular weight excluding hydrogens is 266 g/mol. The molecule has 0 bridgehead atoms. The average molecular weight is 295 g/mol. The molecule has 5 nitrogen and oxygen atoms in total.